The first kappa shape index (κ1) is 16.0. The minimum atomic E-state index is -0.567. The standard InChI is InChI=1S/C19H19FN6O/c20-15-9-12(21)1-2-13(15)18(27)26-8-7-25(10-19(26)4-5-19)17-14-3-6-22-16(14)23-11-24-17/h1-3,6,9,11H,4-5,7-8,10,21H2,(H,22,23,24). The van der Waals surface area contributed by atoms with Crippen molar-refractivity contribution in [2.45, 2.75) is 18.4 Å². The Balaban J connectivity index is 1.43. The van der Waals surface area contributed by atoms with Crippen molar-refractivity contribution in [1.82, 2.24) is 19.9 Å². The molecule has 8 heteroatoms. The molecule has 0 bridgehead atoms. The predicted molar refractivity (Wildman–Crippen MR) is 99.9 cm³/mol. The van der Waals surface area contributed by atoms with E-state index < -0.39 is 5.82 Å². The average molecular weight is 366 g/mol. The second-order valence-corrected chi connectivity index (χ2v) is 7.28. The van der Waals surface area contributed by atoms with E-state index in [4.69, 9.17) is 5.73 Å². The summed E-state index contributed by atoms with van der Waals surface area (Å²) in [7, 11) is 0. The number of nitrogen functional groups attached to an aromatic ring is 1. The summed E-state index contributed by atoms with van der Waals surface area (Å²) in [5.74, 6) is 0.0421. The van der Waals surface area contributed by atoms with E-state index in [1.165, 1.54) is 12.1 Å². The fourth-order valence-electron chi connectivity index (χ4n) is 4.01. The van der Waals surface area contributed by atoms with E-state index >= 15 is 0 Å². The number of carbonyl (C=O) groups is 1. The molecule has 0 radical (unpaired) electrons. The maximum absolute atomic E-state index is 14.3. The normalized spacial score (nSPS) is 18.3. The van der Waals surface area contributed by atoms with Gasteiger partial charge in [-0.3, -0.25) is 4.79 Å². The molecule has 0 unspecified atom stereocenters. The fourth-order valence-corrected chi connectivity index (χ4v) is 4.01. The van der Waals surface area contributed by atoms with Crippen LogP contribution >= 0.6 is 0 Å². The lowest BCUT2D eigenvalue weighted by Crippen LogP contribution is -2.57. The first-order chi connectivity index (χ1) is 13.1. The quantitative estimate of drug-likeness (QED) is 0.679. The van der Waals surface area contributed by atoms with E-state index in [0.29, 0.717) is 25.3 Å². The molecule has 27 heavy (non-hydrogen) atoms. The fraction of sp³-hybridized carbons (Fsp3) is 0.316. The molecule has 1 aliphatic heterocycles. The number of piperazine rings is 1. The highest BCUT2D eigenvalue weighted by molar-refractivity contribution is 5.96. The van der Waals surface area contributed by atoms with E-state index in [9.17, 15) is 9.18 Å². The molecule has 3 N–H and O–H groups in total. The molecule has 138 valence electrons. The van der Waals surface area contributed by atoms with Crippen molar-refractivity contribution in [3.05, 3.63) is 48.2 Å². The number of nitrogens with one attached hydrogen (secondary N) is 1. The Hall–Kier alpha value is -3.16. The van der Waals surface area contributed by atoms with Gasteiger partial charge in [0.25, 0.3) is 5.91 Å². The summed E-state index contributed by atoms with van der Waals surface area (Å²) >= 11 is 0. The van der Waals surface area contributed by atoms with Gasteiger partial charge in [-0.05, 0) is 37.1 Å². The molecule has 1 amide bonds. The first-order valence-electron chi connectivity index (χ1n) is 8.97. The number of fused-ring (bicyclic) bond motifs is 1. The van der Waals surface area contributed by atoms with Crippen molar-refractivity contribution in [2.24, 2.45) is 0 Å². The maximum Gasteiger partial charge on any atom is 0.257 e. The molecule has 5 rings (SSSR count). The van der Waals surface area contributed by atoms with Gasteiger partial charge in [0, 0.05) is 31.5 Å². The molecule has 1 saturated heterocycles. The summed E-state index contributed by atoms with van der Waals surface area (Å²) in [6.07, 6.45) is 5.22. The lowest BCUT2D eigenvalue weighted by Gasteiger charge is -2.42. The van der Waals surface area contributed by atoms with E-state index in [0.717, 1.165) is 29.7 Å². The zero-order chi connectivity index (χ0) is 18.6. The highest BCUT2D eigenvalue weighted by atomic mass is 19.1. The van der Waals surface area contributed by atoms with Gasteiger partial charge in [-0.25, -0.2) is 14.4 Å². The Labute approximate surface area is 155 Å². The molecule has 1 aromatic carbocycles. The number of hydrogen-bond acceptors (Lipinski definition) is 5. The van der Waals surface area contributed by atoms with Crippen LogP contribution in [0.3, 0.4) is 0 Å². The molecule has 2 aromatic heterocycles. The van der Waals surface area contributed by atoms with Crippen LogP contribution in [0.25, 0.3) is 11.0 Å². The number of rotatable bonds is 2. The molecule has 0 atom stereocenters. The van der Waals surface area contributed by atoms with Gasteiger partial charge in [0.05, 0.1) is 16.5 Å². The Morgan fingerprint density at radius 1 is 1.22 bits per heavy atom. The maximum atomic E-state index is 14.3. The zero-order valence-electron chi connectivity index (χ0n) is 14.7. The molecule has 1 aliphatic carbocycles. The predicted octanol–water partition coefficient (Wildman–Crippen LogP) is 2.17. The van der Waals surface area contributed by atoms with Crippen LogP contribution in [0.2, 0.25) is 0 Å². The lowest BCUT2D eigenvalue weighted by atomic mass is 10.1. The number of aromatic nitrogens is 3. The second kappa shape index (κ2) is 5.67. The number of amides is 1. The number of aromatic amines is 1. The largest absolute Gasteiger partial charge is 0.399 e. The number of halogens is 1. The van der Waals surface area contributed by atoms with E-state index in [1.54, 1.807) is 12.4 Å². The van der Waals surface area contributed by atoms with Crippen molar-refractivity contribution in [2.75, 3.05) is 30.3 Å². The van der Waals surface area contributed by atoms with Gasteiger partial charge in [0.15, 0.2) is 0 Å². The van der Waals surface area contributed by atoms with E-state index in [1.807, 2.05) is 17.2 Å². The van der Waals surface area contributed by atoms with Crippen LogP contribution < -0.4 is 10.6 Å². The van der Waals surface area contributed by atoms with Gasteiger partial charge in [0.2, 0.25) is 0 Å². The van der Waals surface area contributed by atoms with Crippen molar-refractivity contribution in [3.8, 4) is 0 Å². The van der Waals surface area contributed by atoms with Crippen molar-refractivity contribution >= 4 is 28.4 Å². The second-order valence-electron chi connectivity index (χ2n) is 7.28. The number of nitrogens with zero attached hydrogens (tertiary/aromatic N) is 4. The summed E-state index contributed by atoms with van der Waals surface area (Å²) < 4.78 is 14.3. The number of nitrogens with two attached hydrogens (primary N) is 1. The van der Waals surface area contributed by atoms with Crippen molar-refractivity contribution in [3.63, 3.8) is 0 Å². The minimum absolute atomic E-state index is 0.0824. The highest BCUT2D eigenvalue weighted by Crippen LogP contribution is 2.46. The number of benzene rings is 1. The number of carbonyl (C=O) groups excluding carboxylic acids is 1. The summed E-state index contributed by atoms with van der Waals surface area (Å²) in [4.78, 5) is 28.8. The third-order valence-corrected chi connectivity index (χ3v) is 5.58. The monoisotopic (exact) mass is 366 g/mol. The highest BCUT2D eigenvalue weighted by Gasteiger charge is 2.53. The van der Waals surface area contributed by atoms with Crippen LogP contribution in [0, 0.1) is 5.82 Å². The molecule has 2 fully saturated rings. The van der Waals surface area contributed by atoms with Crippen LogP contribution in [0.4, 0.5) is 15.9 Å². The number of H-pyrrole nitrogens is 1. The number of hydrogen-bond donors (Lipinski definition) is 2. The zero-order valence-corrected chi connectivity index (χ0v) is 14.7. The van der Waals surface area contributed by atoms with Gasteiger partial charge < -0.3 is 20.5 Å². The smallest absolute Gasteiger partial charge is 0.257 e. The molecule has 2 aliphatic rings. The van der Waals surface area contributed by atoms with Crippen LogP contribution in [0.1, 0.15) is 23.2 Å². The Bertz CT molecular complexity index is 1040. The Morgan fingerprint density at radius 3 is 2.85 bits per heavy atom. The third kappa shape index (κ3) is 2.51. The van der Waals surface area contributed by atoms with Crippen LogP contribution in [0.5, 0.6) is 0 Å². The lowest BCUT2D eigenvalue weighted by molar-refractivity contribution is 0.0619. The Kier molecular flexibility index (Phi) is 3.37. The molecule has 1 spiro atoms. The van der Waals surface area contributed by atoms with E-state index in [-0.39, 0.29) is 17.0 Å². The van der Waals surface area contributed by atoms with Crippen molar-refractivity contribution < 1.29 is 9.18 Å². The van der Waals surface area contributed by atoms with Crippen LogP contribution in [-0.4, -0.2) is 50.9 Å². The van der Waals surface area contributed by atoms with Crippen molar-refractivity contribution in [1.29, 1.82) is 0 Å². The molecule has 1 saturated carbocycles. The molecule has 3 aromatic rings. The molecule has 7 nitrogen and oxygen atoms in total. The van der Waals surface area contributed by atoms with Gasteiger partial charge in [-0.1, -0.05) is 0 Å². The summed E-state index contributed by atoms with van der Waals surface area (Å²) in [5.41, 5.74) is 6.55. The van der Waals surface area contributed by atoms with Gasteiger partial charge in [-0.15, -0.1) is 0 Å². The van der Waals surface area contributed by atoms with Gasteiger partial charge in [0.1, 0.15) is 23.6 Å². The molecule has 3 heterocycles. The van der Waals surface area contributed by atoms with Gasteiger partial charge >= 0.3 is 0 Å². The summed E-state index contributed by atoms with van der Waals surface area (Å²) in [5, 5.41) is 0.970. The molecular formula is C19H19FN6O. The average Bonchev–Trinajstić information content (AvgIpc) is 3.24. The van der Waals surface area contributed by atoms with Crippen LogP contribution in [0.15, 0.2) is 36.8 Å². The SMILES string of the molecule is Nc1ccc(C(=O)N2CCN(c3ncnc4[nH]ccc34)CC23CC3)c(F)c1. The Morgan fingerprint density at radius 2 is 2.07 bits per heavy atom. The first-order valence-corrected chi connectivity index (χ1v) is 8.97. The third-order valence-electron chi connectivity index (χ3n) is 5.58. The topological polar surface area (TPSA) is 91.1 Å². The minimum Gasteiger partial charge on any atom is -0.399 e. The molecular weight excluding hydrogens is 347 g/mol. The van der Waals surface area contributed by atoms with Crippen LogP contribution in [-0.2, 0) is 0 Å². The summed E-state index contributed by atoms with van der Waals surface area (Å²) in [6, 6.07) is 6.21. The van der Waals surface area contributed by atoms with Gasteiger partial charge in [-0.2, -0.15) is 0 Å². The summed E-state index contributed by atoms with van der Waals surface area (Å²) in [6.45, 7) is 1.85. The van der Waals surface area contributed by atoms with E-state index in [2.05, 4.69) is 19.9 Å². The number of anilines is 2.